The Balaban J connectivity index is 3.12. The molecule has 0 atom stereocenters. The SMILES string of the molecule is C/C(=C(/O)c1ccc(Cl)cc1)[N+](=O)[O-]. The van der Waals surface area contributed by atoms with Gasteiger partial charge in [-0.1, -0.05) is 11.6 Å². The Morgan fingerprint density at radius 2 is 1.93 bits per heavy atom. The molecule has 0 spiro atoms. The molecule has 0 saturated carbocycles. The highest BCUT2D eigenvalue weighted by Crippen LogP contribution is 2.18. The van der Waals surface area contributed by atoms with Crippen LogP contribution < -0.4 is 0 Å². The van der Waals surface area contributed by atoms with E-state index in [9.17, 15) is 15.2 Å². The molecule has 0 heterocycles. The van der Waals surface area contributed by atoms with Crippen LogP contribution in [0.4, 0.5) is 0 Å². The zero-order valence-electron chi connectivity index (χ0n) is 7.40. The van der Waals surface area contributed by atoms with Crippen LogP contribution in [-0.4, -0.2) is 10.0 Å². The second kappa shape index (κ2) is 4.11. The maximum absolute atomic E-state index is 10.3. The Labute approximate surface area is 85.6 Å². The number of rotatable bonds is 2. The molecule has 5 heteroatoms. The fourth-order valence-electron chi connectivity index (χ4n) is 0.903. The molecule has 0 radical (unpaired) electrons. The third-order valence-electron chi connectivity index (χ3n) is 1.73. The average molecular weight is 214 g/mol. The molecule has 0 aliphatic rings. The van der Waals surface area contributed by atoms with E-state index >= 15 is 0 Å². The van der Waals surface area contributed by atoms with Crippen LogP contribution in [0.1, 0.15) is 12.5 Å². The normalized spacial score (nSPS) is 12.1. The summed E-state index contributed by atoms with van der Waals surface area (Å²) < 4.78 is 0. The van der Waals surface area contributed by atoms with Crippen LogP contribution in [0.25, 0.3) is 5.76 Å². The molecule has 4 nitrogen and oxygen atoms in total. The zero-order valence-corrected chi connectivity index (χ0v) is 8.15. The number of allylic oxidation sites excluding steroid dienone is 1. The highest BCUT2D eigenvalue weighted by Gasteiger charge is 2.12. The van der Waals surface area contributed by atoms with E-state index < -0.39 is 4.92 Å². The number of aliphatic hydroxyl groups is 1. The van der Waals surface area contributed by atoms with E-state index in [4.69, 9.17) is 11.6 Å². The molecule has 0 aliphatic heterocycles. The predicted octanol–water partition coefficient (Wildman–Crippen LogP) is 2.86. The van der Waals surface area contributed by atoms with E-state index in [2.05, 4.69) is 0 Å². The monoisotopic (exact) mass is 213 g/mol. The highest BCUT2D eigenvalue weighted by atomic mass is 35.5. The van der Waals surface area contributed by atoms with Gasteiger partial charge < -0.3 is 5.11 Å². The smallest absolute Gasteiger partial charge is 0.285 e. The summed E-state index contributed by atoms with van der Waals surface area (Å²) in [4.78, 5) is 9.71. The topological polar surface area (TPSA) is 63.4 Å². The van der Waals surface area contributed by atoms with Crippen molar-refractivity contribution in [1.82, 2.24) is 0 Å². The minimum absolute atomic E-state index is 0.285. The molecule has 74 valence electrons. The van der Waals surface area contributed by atoms with Gasteiger partial charge in [0.1, 0.15) is 0 Å². The van der Waals surface area contributed by atoms with Crippen molar-refractivity contribution in [3.8, 4) is 0 Å². The van der Waals surface area contributed by atoms with E-state index in [-0.39, 0.29) is 11.5 Å². The number of hydrogen-bond donors (Lipinski definition) is 1. The Hall–Kier alpha value is -1.55. The van der Waals surface area contributed by atoms with Crippen LogP contribution in [0.15, 0.2) is 30.0 Å². The Bertz CT molecular complexity index is 384. The number of hydrogen-bond acceptors (Lipinski definition) is 3. The van der Waals surface area contributed by atoms with E-state index in [1.54, 1.807) is 12.1 Å². The van der Waals surface area contributed by atoms with Gasteiger partial charge in [-0.15, -0.1) is 0 Å². The largest absolute Gasteiger partial charge is 0.502 e. The summed E-state index contributed by atoms with van der Waals surface area (Å²) in [6, 6.07) is 6.15. The second-order valence-electron chi connectivity index (χ2n) is 2.70. The summed E-state index contributed by atoms with van der Waals surface area (Å²) in [5.74, 6) is -0.341. The summed E-state index contributed by atoms with van der Waals surface area (Å²) in [6.07, 6.45) is 0. The van der Waals surface area contributed by atoms with Gasteiger partial charge in [-0.05, 0) is 24.3 Å². The lowest BCUT2D eigenvalue weighted by atomic mass is 10.1. The van der Waals surface area contributed by atoms with Crippen LogP contribution in [-0.2, 0) is 0 Å². The van der Waals surface area contributed by atoms with Gasteiger partial charge in [-0.25, -0.2) is 0 Å². The molecule has 0 unspecified atom stereocenters. The van der Waals surface area contributed by atoms with Crippen molar-refractivity contribution in [2.75, 3.05) is 0 Å². The first-order valence-electron chi connectivity index (χ1n) is 3.82. The molecule has 0 amide bonds. The van der Waals surface area contributed by atoms with Crippen LogP contribution in [0.2, 0.25) is 5.02 Å². The summed E-state index contributed by atoms with van der Waals surface area (Å²) in [5, 5.41) is 20.3. The number of halogens is 1. The number of nitro groups is 1. The van der Waals surface area contributed by atoms with Crippen molar-refractivity contribution in [2.24, 2.45) is 0 Å². The van der Waals surface area contributed by atoms with Gasteiger partial charge in [0.2, 0.25) is 0 Å². The molecule has 0 aliphatic carbocycles. The Morgan fingerprint density at radius 3 is 2.36 bits per heavy atom. The summed E-state index contributed by atoms with van der Waals surface area (Å²) in [6.45, 7) is 1.24. The van der Waals surface area contributed by atoms with Crippen molar-refractivity contribution in [1.29, 1.82) is 0 Å². The maximum atomic E-state index is 10.3. The molecular weight excluding hydrogens is 206 g/mol. The van der Waals surface area contributed by atoms with Crippen LogP contribution >= 0.6 is 11.6 Å². The molecule has 14 heavy (non-hydrogen) atoms. The maximum Gasteiger partial charge on any atom is 0.285 e. The van der Waals surface area contributed by atoms with Crippen LogP contribution in [0.3, 0.4) is 0 Å². The van der Waals surface area contributed by atoms with Gasteiger partial charge in [0.15, 0.2) is 5.76 Å². The van der Waals surface area contributed by atoms with E-state index in [0.29, 0.717) is 10.6 Å². The fraction of sp³-hybridized carbons (Fsp3) is 0.111. The first-order valence-corrected chi connectivity index (χ1v) is 4.20. The van der Waals surface area contributed by atoms with E-state index in [1.807, 2.05) is 0 Å². The lowest BCUT2D eigenvalue weighted by molar-refractivity contribution is -0.424. The van der Waals surface area contributed by atoms with Crippen molar-refractivity contribution in [3.05, 3.63) is 50.7 Å². The third-order valence-corrected chi connectivity index (χ3v) is 1.99. The van der Waals surface area contributed by atoms with Crippen molar-refractivity contribution in [2.45, 2.75) is 6.92 Å². The molecule has 1 N–H and O–H groups in total. The molecule has 0 fully saturated rings. The summed E-state index contributed by atoms with van der Waals surface area (Å²) >= 11 is 5.63. The van der Waals surface area contributed by atoms with E-state index in [0.717, 1.165) is 0 Å². The summed E-state index contributed by atoms with van der Waals surface area (Å²) in [5.41, 5.74) is 0.0934. The van der Waals surface area contributed by atoms with Gasteiger partial charge in [0, 0.05) is 17.5 Å². The fourth-order valence-corrected chi connectivity index (χ4v) is 1.03. The lowest BCUT2D eigenvalue weighted by Gasteiger charge is -1.99. The molecule has 0 bridgehead atoms. The molecule has 1 rings (SSSR count). The van der Waals surface area contributed by atoms with Gasteiger partial charge in [0.05, 0.1) is 4.92 Å². The van der Waals surface area contributed by atoms with Gasteiger partial charge >= 0.3 is 0 Å². The van der Waals surface area contributed by atoms with Gasteiger partial charge in [0.25, 0.3) is 5.70 Å². The minimum Gasteiger partial charge on any atom is -0.502 e. The van der Waals surface area contributed by atoms with Gasteiger partial charge in [-0.3, -0.25) is 10.1 Å². The Morgan fingerprint density at radius 1 is 1.43 bits per heavy atom. The number of benzene rings is 1. The molecule has 1 aromatic carbocycles. The zero-order chi connectivity index (χ0) is 10.7. The summed E-state index contributed by atoms with van der Waals surface area (Å²) in [7, 11) is 0. The minimum atomic E-state index is -0.635. The van der Waals surface area contributed by atoms with Crippen molar-refractivity contribution < 1.29 is 10.0 Å². The predicted molar refractivity (Wildman–Crippen MR) is 53.7 cm³/mol. The van der Waals surface area contributed by atoms with Crippen molar-refractivity contribution >= 4 is 17.4 Å². The first kappa shape index (κ1) is 10.5. The molecular formula is C9H8ClNO3. The average Bonchev–Trinajstić information content (AvgIpc) is 2.16. The number of nitrogens with zero attached hydrogens (tertiary/aromatic N) is 1. The lowest BCUT2D eigenvalue weighted by Crippen LogP contribution is -1.98. The highest BCUT2D eigenvalue weighted by molar-refractivity contribution is 6.30. The van der Waals surface area contributed by atoms with Gasteiger partial charge in [-0.2, -0.15) is 0 Å². The van der Waals surface area contributed by atoms with Crippen LogP contribution in [0, 0.1) is 10.1 Å². The standard InChI is InChI=1S/C9H8ClNO3/c1-6(11(13)14)9(12)7-2-4-8(10)5-3-7/h2-5,12H,1H3/b9-6-. The molecule has 1 aromatic rings. The third kappa shape index (κ3) is 2.23. The van der Waals surface area contributed by atoms with Crippen LogP contribution in [0.5, 0.6) is 0 Å². The Kier molecular flexibility index (Phi) is 3.09. The van der Waals surface area contributed by atoms with Crippen molar-refractivity contribution in [3.63, 3.8) is 0 Å². The second-order valence-corrected chi connectivity index (χ2v) is 3.13. The molecule has 0 saturated heterocycles. The molecule has 0 aromatic heterocycles. The first-order chi connectivity index (χ1) is 6.52. The van der Waals surface area contributed by atoms with E-state index in [1.165, 1.54) is 19.1 Å². The quantitative estimate of drug-likeness (QED) is 0.467. The number of aliphatic hydroxyl groups excluding tert-OH is 1.